The molecule has 0 aromatic heterocycles. The summed E-state index contributed by atoms with van der Waals surface area (Å²) in [6.45, 7) is 1.01. The minimum absolute atomic E-state index is 0.0580. The van der Waals surface area contributed by atoms with Crippen LogP contribution in [0.15, 0.2) is 47.4 Å². The summed E-state index contributed by atoms with van der Waals surface area (Å²) in [4.78, 5) is 12.4. The lowest BCUT2D eigenvalue weighted by molar-refractivity contribution is -0.119. The number of ether oxygens (including phenoxy) is 2. The molecule has 9 heteroatoms. The van der Waals surface area contributed by atoms with E-state index in [2.05, 4.69) is 15.6 Å². The fraction of sp³-hybridized carbons (Fsp3) is 0.316. The van der Waals surface area contributed by atoms with Crippen LogP contribution in [0, 0.1) is 0 Å². The van der Waals surface area contributed by atoms with Crippen LogP contribution in [0.5, 0.6) is 11.5 Å². The molecule has 1 saturated carbocycles. The van der Waals surface area contributed by atoms with Gasteiger partial charge in [0.1, 0.15) is 13.2 Å². The standard InChI is InChI=1S/C19H21N3O5S/c23-19(12-13-1-8-17-18(11-13)27-10-9-26-17)21-20-14-4-6-16(7-5-14)28(24,25)22-15-2-3-15/h1,4-8,11,15,20,22H,2-3,9-10,12H2,(H,21,23). The van der Waals surface area contributed by atoms with Crippen LogP contribution >= 0.6 is 0 Å². The van der Waals surface area contributed by atoms with Gasteiger partial charge in [-0.1, -0.05) is 6.07 Å². The first kappa shape index (κ1) is 18.6. The highest BCUT2D eigenvalue weighted by molar-refractivity contribution is 7.89. The fourth-order valence-electron chi connectivity index (χ4n) is 2.78. The van der Waals surface area contributed by atoms with E-state index in [9.17, 15) is 13.2 Å². The Labute approximate surface area is 163 Å². The number of amides is 1. The zero-order chi connectivity index (χ0) is 19.6. The van der Waals surface area contributed by atoms with E-state index in [0.29, 0.717) is 30.4 Å². The van der Waals surface area contributed by atoms with Gasteiger partial charge in [0.15, 0.2) is 11.5 Å². The van der Waals surface area contributed by atoms with Crippen molar-refractivity contribution in [2.24, 2.45) is 0 Å². The Morgan fingerprint density at radius 2 is 1.71 bits per heavy atom. The smallest absolute Gasteiger partial charge is 0.242 e. The first-order valence-electron chi connectivity index (χ1n) is 9.05. The van der Waals surface area contributed by atoms with Gasteiger partial charge in [-0.05, 0) is 54.8 Å². The summed E-state index contributed by atoms with van der Waals surface area (Å²) in [6, 6.07) is 11.7. The third-order valence-corrected chi connectivity index (χ3v) is 5.92. The van der Waals surface area contributed by atoms with Crippen molar-refractivity contribution in [3.05, 3.63) is 48.0 Å². The van der Waals surface area contributed by atoms with Gasteiger partial charge in [-0.15, -0.1) is 0 Å². The zero-order valence-corrected chi connectivity index (χ0v) is 15.9. The quantitative estimate of drug-likeness (QED) is 0.606. The summed E-state index contributed by atoms with van der Waals surface area (Å²) < 4.78 is 37.9. The molecule has 1 amide bonds. The zero-order valence-electron chi connectivity index (χ0n) is 15.1. The minimum Gasteiger partial charge on any atom is -0.486 e. The largest absolute Gasteiger partial charge is 0.486 e. The summed E-state index contributed by atoms with van der Waals surface area (Å²) in [5, 5.41) is 0. The van der Waals surface area contributed by atoms with Crippen molar-refractivity contribution in [1.29, 1.82) is 0 Å². The van der Waals surface area contributed by atoms with Crippen molar-refractivity contribution in [3.8, 4) is 11.5 Å². The maximum atomic E-state index is 12.2. The molecule has 4 rings (SSSR count). The van der Waals surface area contributed by atoms with Gasteiger partial charge in [0.2, 0.25) is 15.9 Å². The molecule has 148 valence electrons. The highest BCUT2D eigenvalue weighted by Gasteiger charge is 2.27. The Kier molecular flexibility index (Phi) is 5.10. The van der Waals surface area contributed by atoms with E-state index >= 15 is 0 Å². The third kappa shape index (κ3) is 4.55. The molecular weight excluding hydrogens is 382 g/mol. The number of hydrogen-bond donors (Lipinski definition) is 3. The predicted molar refractivity (Wildman–Crippen MR) is 103 cm³/mol. The number of rotatable bonds is 7. The van der Waals surface area contributed by atoms with Crippen LogP contribution < -0.4 is 25.0 Å². The lowest BCUT2D eigenvalue weighted by Gasteiger charge is -2.18. The van der Waals surface area contributed by atoms with Crippen molar-refractivity contribution >= 4 is 21.6 Å². The maximum absolute atomic E-state index is 12.2. The average Bonchev–Trinajstić information content (AvgIpc) is 3.50. The lowest BCUT2D eigenvalue weighted by Crippen LogP contribution is -2.30. The van der Waals surface area contributed by atoms with Gasteiger partial charge in [0.25, 0.3) is 0 Å². The molecule has 0 radical (unpaired) electrons. The number of fused-ring (bicyclic) bond motifs is 1. The summed E-state index contributed by atoms with van der Waals surface area (Å²) in [5.41, 5.74) is 6.78. The van der Waals surface area contributed by atoms with E-state index in [-0.39, 0.29) is 23.3 Å². The minimum atomic E-state index is -3.48. The Bertz CT molecular complexity index is 972. The molecule has 1 aliphatic heterocycles. The molecule has 1 aliphatic carbocycles. The Morgan fingerprint density at radius 3 is 2.43 bits per heavy atom. The van der Waals surface area contributed by atoms with Crippen molar-refractivity contribution in [1.82, 2.24) is 10.1 Å². The van der Waals surface area contributed by atoms with E-state index in [4.69, 9.17) is 9.47 Å². The van der Waals surface area contributed by atoms with Crippen LogP contribution in [0.25, 0.3) is 0 Å². The molecule has 28 heavy (non-hydrogen) atoms. The van der Waals surface area contributed by atoms with Crippen LogP contribution in [0.3, 0.4) is 0 Å². The van der Waals surface area contributed by atoms with Crippen LogP contribution in [-0.2, 0) is 21.2 Å². The molecule has 1 fully saturated rings. The second-order valence-electron chi connectivity index (χ2n) is 6.75. The molecule has 1 heterocycles. The Hall–Kier alpha value is -2.78. The van der Waals surface area contributed by atoms with E-state index < -0.39 is 10.0 Å². The highest BCUT2D eigenvalue weighted by Crippen LogP contribution is 2.30. The molecule has 0 unspecified atom stereocenters. The number of carbonyl (C=O) groups excluding carboxylic acids is 1. The van der Waals surface area contributed by atoms with Gasteiger partial charge in [-0.3, -0.25) is 15.6 Å². The molecular formula is C19H21N3O5S. The molecule has 0 saturated heterocycles. The Balaban J connectivity index is 1.31. The number of anilines is 1. The van der Waals surface area contributed by atoms with Gasteiger partial charge in [-0.25, -0.2) is 13.1 Å². The summed E-state index contributed by atoms with van der Waals surface area (Å²) >= 11 is 0. The number of sulfonamides is 1. The summed E-state index contributed by atoms with van der Waals surface area (Å²) in [7, 11) is -3.48. The summed E-state index contributed by atoms with van der Waals surface area (Å²) in [6.07, 6.45) is 1.93. The molecule has 2 aromatic carbocycles. The van der Waals surface area contributed by atoms with Gasteiger partial charge in [0.05, 0.1) is 17.0 Å². The SMILES string of the molecule is O=C(Cc1ccc2c(c1)OCCO2)NNc1ccc(S(=O)(=O)NC2CC2)cc1. The van der Waals surface area contributed by atoms with Crippen molar-refractivity contribution in [3.63, 3.8) is 0 Å². The van der Waals surface area contributed by atoms with Crippen LogP contribution in [0.4, 0.5) is 5.69 Å². The van der Waals surface area contributed by atoms with Gasteiger partial charge in [-0.2, -0.15) is 0 Å². The summed E-state index contributed by atoms with van der Waals surface area (Å²) in [5.74, 6) is 1.09. The maximum Gasteiger partial charge on any atom is 0.242 e. The van der Waals surface area contributed by atoms with Crippen molar-refractivity contribution < 1.29 is 22.7 Å². The van der Waals surface area contributed by atoms with E-state index in [1.54, 1.807) is 24.3 Å². The topological polar surface area (TPSA) is 106 Å². The van der Waals surface area contributed by atoms with Gasteiger partial charge >= 0.3 is 0 Å². The highest BCUT2D eigenvalue weighted by atomic mass is 32.2. The fourth-order valence-corrected chi connectivity index (χ4v) is 4.08. The molecule has 8 nitrogen and oxygen atoms in total. The first-order chi connectivity index (χ1) is 13.5. The molecule has 2 aliphatic rings. The average molecular weight is 403 g/mol. The van der Waals surface area contributed by atoms with E-state index in [0.717, 1.165) is 18.4 Å². The van der Waals surface area contributed by atoms with Crippen LogP contribution in [0.1, 0.15) is 18.4 Å². The van der Waals surface area contributed by atoms with Gasteiger partial charge < -0.3 is 9.47 Å². The first-order valence-corrected chi connectivity index (χ1v) is 10.5. The number of benzene rings is 2. The molecule has 0 atom stereocenters. The van der Waals surface area contributed by atoms with E-state index in [1.165, 1.54) is 12.1 Å². The molecule has 0 bridgehead atoms. The monoisotopic (exact) mass is 403 g/mol. The third-order valence-electron chi connectivity index (χ3n) is 4.38. The van der Waals surface area contributed by atoms with Crippen LogP contribution in [-0.4, -0.2) is 33.6 Å². The molecule has 0 spiro atoms. The number of hydrazine groups is 1. The van der Waals surface area contributed by atoms with E-state index in [1.807, 2.05) is 6.07 Å². The predicted octanol–water partition coefficient (Wildman–Crippen LogP) is 1.58. The van der Waals surface area contributed by atoms with Crippen molar-refractivity contribution in [2.75, 3.05) is 18.6 Å². The number of hydrogen-bond acceptors (Lipinski definition) is 6. The number of carbonyl (C=O) groups is 1. The number of nitrogens with one attached hydrogen (secondary N) is 3. The Morgan fingerprint density at radius 1 is 1.00 bits per heavy atom. The van der Waals surface area contributed by atoms with Crippen molar-refractivity contribution in [2.45, 2.75) is 30.2 Å². The van der Waals surface area contributed by atoms with Gasteiger partial charge in [0, 0.05) is 6.04 Å². The molecule has 2 aromatic rings. The lowest BCUT2D eigenvalue weighted by atomic mass is 10.1. The second kappa shape index (κ2) is 7.69. The second-order valence-corrected chi connectivity index (χ2v) is 8.46. The van der Waals surface area contributed by atoms with Crippen LogP contribution in [0.2, 0.25) is 0 Å². The molecule has 3 N–H and O–H groups in total. The normalized spacial score (nSPS) is 15.7.